The first-order chi connectivity index (χ1) is 6.15. The van der Waals surface area contributed by atoms with Gasteiger partial charge in [-0.15, -0.1) is 0 Å². The molecule has 0 fully saturated rings. The van der Waals surface area contributed by atoms with Gasteiger partial charge in [0.05, 0.1) is 12.2 Å². The molecule has 0 saturated carbocycles. The molecule has 3 nitrogen and oxygen atoms in total. The van der Waals surface area contributed by atoms with E-state index in [2.05, 4.69) is 15.9 Å². The van der Waals surface area contributed by atoms with E-state index in [0.29, 0.717) is 16.6 Å². The van der Waals surface area contributed by atoms with Crippen molar-refractivity contribution in [2.45, 2.75) is 6.92 Å². The highest BCUT2D eigenvalue weighted by atomic mass is 79.9. The summed E-state index contributed by atoms with van der Waals surface area (Å²) in [5.41, 5.74) is 0.416. The molecule has 0 unspecified atom stereocenters. The van der Waals surface area contributed by atoms with E-state index in [9.17, 15) is 4.79 Å². The van der Waals surface area contributed by atoms with Crippen LogP contribution in [0, 0.1) is 0 Å². The Morgan fingerprint density at radius 1 is 1.62 bits per heavy atom. The third kappa shape index (κ3) is 2.45. The number of ether oxygens (including phenoxy) is 1. The Labute approximate surface area is 84.5 Å². The van der Waals surface area contributed by atoms with Crippen molar-refractivity contribution in [2.24, 2.45) is 0 Å². The molecular formula is C9H9BrO3. The number of hydrogen-bond acceptors (Lipinski definition) is 3. The highest BCUT2D eigenvalue weighted by Gasteiger charge is 2.10. The average Bonchev–Trinajstić information content (AvgIpc) is 2.04. The second-order valence-corrected chi connectivity index (χ2v) is 3.24. The fourth-order valence-corrected chi connectivity index (χ4v) is 1.41. The maximum absolute atomic E-state index is 11.2. The van der Waals surface area contributed by atoms with E-state index in [1.807, 2.05) is 0 Å². The monoisotopic (exact) mass is 244 g/mol. The number of phenolic OH excluding ortho intramolecular Hbond substituents is 1. The van der Waals surface area contributed by atoms with Crippen LogP contribution in [-0.4, -0.2) is 17.7 Å². The largest absolute Gasteiger partial charge is 0.508 e. The van der Waals surface area contributed by atoms with E-state index >= 15 is 0 Å². The quantitative estimate of drug-likeness (QED) is 0.813. The normalized spacial score (nSPS) is 9.69. The Kier molecular flexibility index (Phi) is 3.31. The van der Waals surface area contributed by atoms with E-state index in [0.717, 1.165) is 0 Å². The fourth-order valence-electron chi connectivity index (χ4n) is 0.878. The van der Waals surface area contributed by atoms with E-state index in [1.54, 1.807) is 6.92 Å². The summed E-state index contributed by atoms with van der Waals surface area (Å²) >= 11 is 3.16. The standard InChI is InChI=1S/C9H9BrO3/c1-2-13-9(12)7-4-3-6(11)5-8(7)10/h3-5,11H,2H2,1H3. The van der Waals surface area contributed by atoms with E-state index in [1.165, 1.54) is 18.2 Å². The molecule has 1 N–H and O–H groups in total. The van der Waals surface area contributed by atoms with Crippen molar-refractivity contribution in [3.05, 3.63) is 28.2 Å². The molecule has 13 heavy (non-hydrogen) atoms. The molecule has 70 valence electrons. The van der Waals surface area contributed by atoms with Crippen LogP contribution in [0.4, 0.5) is 0 Å². The zero-order valence-electron chi connectivity index (χ0n) is 7.08. The van der Waals surface area contributed by atoms with Crippen molar-refractivity contribution in [3.63, 3.8) is 0 Å². The molecule has 0 atom stereocenters. The van der Waals surface area contributed by atoms with Crippen LogP contribution < -0.4 is 0 Å². The first kappa shape index (κ1) is 10.1. The van der Waals surface area contributed by atoms with Crippen molar-refractivity contribution < 1.29 is 14.6 Å². The first-order valence-electron chi connectivity index (χ1n) is 3.80. The van der Waals surface area contributed by atoms with Crippen molar-refractivity contribution in [1.29, 1.82) is 0 Å². The van der Waals surface area contributed by atoms with Crippen molar-refractivity contribution in [3.8, 4) is 5.75 Å². The van der Waals surface area contributed by atoms with Crippen LogP contribution >= 0.6 is 15.9 Å². The van der Waals surface area contributed by atoms with Crippen LogP contribution in [0.5, 0.6) is 5.75 Å². The van der Waals surface area contributed by atoms with E-state index < -0.39 is 5.97 Å². The Bertz CT molecular complexity index is 323. The Morgan fingerprint density at radius 3 is 2.85 bits per heavy atom. The average molecular weight is 245 g/mol. The molecule has 0 aromatic heterocycles. The van der Waals surface area contributed by atoms with Crippen molar-refractivity contribution in [1.82, 2.24) is 0 Å². The zero-order chi connectivity index (χ0) is 9.84. The molecule has 0 radical (unpaired) electrons. The minimum Gasteiger partial charge on any atom is -0.508 e. The maximum atomic E-state index is 11.2. The van der Waals surface area contributed by atoms with Gasteiger partial charge in [-0.1, -0.05) is 0 Å². The number of rotatable bonds is 2. The topological polar surface area (TPSA) is 46.5 Å². The van der Waals surface area contributed by atoms with Crippen LogP contribution in [0.15, 0.2) is 22.7 Å². The van der Waals surface area contributed by atoms with Crippen molar-refractivity contribution in [2.75, 3.05) is 6.61 Å². The smallest absolute Gasteiger partial charge is 0.339 e. The Balaban J connectivity index is 2.95. The molecule has 0 heterocycles. The predicted octanol–water partition coefficient (Wildman–Crippen LogP) is 2.33. The lowest BCUT2D eigenvalue weighted by atomic mass is 10.2. The van der Waals surface area contributed by atoms with Gasteiger partial charge in [-0.25, -0.2) is 4.79 Å². The number of halogens is 1. The molecule has 0 amide bonds. The molecule has 4 heteroatoms. The summed E-state index contributed by atoms with van der Waals surface area (Å²) in [6.45, 7) is 2.08. The molecule has 0 saturated heterocycles. The minimum atomic E-state index is -0.394. The number of carbonyl (C=O) groups is 1. The molecule has 0 bridgehead atoms. The second-order valence-electron chi connectivity index (χ2n) is 2.38. The Morgan fingerprint density at radius 2 is 2.31 bits per heavy atom. The lowest BCUT2D eigenvalue weighted by molar-refractivity contribution is 0.0525. The summed E-state index contributed by atoms with van der Waals surface area (Å²) in [6, 6.07) is 4.40. The van der Waals surface area contributed by atoms with Crippen LogP contribution in [0.2, 0.25) is 0 Å². The van der Waals surface area contributed by atoms with E-state index in [-0.39, 0.29) is 5.75 Å². The predicted molar refractivity (Wildman–Crippen MR) is 51.8 cm³/mol. The van der Waals surface area contributed by atoms with Gasteiger partial charge in [-0.3, -0.25) is 0 Å². The highest BCUT2D eigenvalue weighted by Crippen LogP contribution is 2.22. The maximum Gasteiger partial charge on any atom is 0.339 e. The molecule has 0 aliphatic heterocycles. The zero-order valence-corrected chi connectivity index (χ0v) is 8.67. The molecule has 1 aromatic carbocycles. The first-order valence-corrected chi connectivity index (χ1v) is 4.60. The molecule has 0 aliphatic rings. The number of hydrogen-bond donors (Lipinski definition) is 1. The van der Waals surface area contributed by atoms with Crippen LogP contribution in [0.3, 0.4) is 0 Å². The minimum absolute atomic E-state index is 0.111. The van der Waals surface area contributed by atoms with Gasteiger partial charge in [0.2, 0.25) is 0 Å². The number of esters is 1. The van der Waals surface area contributed by atoms with Gasteiger partial charge < -0.3 is 9.84 Å². The summed E-state index contributed by atoms with van der Waals surface area (Å²) in [6.07, 6.45) is 0. The summed E-state index contributed by atoms with van der Waals surface area (Å²) in [5, 5.41) is 9.07. The van der Waals surface area contributed by atoms with Gasteiger partial charge in [-0.05, 0) is 41.1 Å². The number of phenols is 1. The third-order valence-corrected chi connectivity index (χ3v) is 2.10. The number of carbonyl (C=O) groups excluding carboxylic acids is 1. The summed E-state index contributed by atoms with van der Waals surface area (Å²) < 4.78 is 5.33. The highest BCUT2D eigenvalue weighted by molar-refractivity contribution is 9.10. The molecule has 0 spiro atoms. The summed E-state index contributed by atoms with van der Waals surface area (Å²) in [7, 11) is 0. The van der Waals surface area contributed by atoms with Crippen LogP contribution in [-0.2, 0) is 4.74 Å². The van der Waals surface area contributed by atoms with Crippen LogP contribution in [0.25, 0.3) is 0 Å². The van der Waals surface area contributed by atoms with Gasteiger partial charge in [0.25, 0.3) is 0 Å². The Hall–Kier alpha value is -1.03. The third-order valence-electron chi connectivity index (χ3n) is 1.45. The SMILES string of the molecule is CCOC(=O)c1ccc(O)cc1Br. The van der Waals surface area contributed by atoms with Gasteiger partial charge in [0, 0.05) is 4.47 Å². The fraction of sp³-hybridized carbons (Fsp3) is 0.222. The molecule has 1 aromatic rings. The van der Waals surface area contributed by atoms with Gasteiger partial charge in [0.1, 0.15) is 5.75 Å². The lowest BCUT2D eigenvalue weighted by Gasteiger charge is -2.03. The molecule has 0 aliphatic carbocycles. The summed E-state index contributed by atoms with van der Waals surface area (Å²) in [4.78, 5) is 11.2. The van der Waals surface area contributed by atoms with Gasteiger partial charge in [0.15, 0.2) is 0 Å². The summed E-state index contributed by atoms with van der Waals surface area (Å²) in [5.74, 6) is -0.283. The molecule has 1 rings (SSSR count). The van der Waals surface area contributed by atoms with Crippen molar-refractivity contribution >= 4 is 21.9 Å². The van der Waals surface area contributed by atoms with Gasteiger partial charge >= 0.3 is 5.97 Å². The number of aromatic hydroxyl groups is 1. The number of benzene rings is 1. The van der Waals surface area contributed by atoms with Crippen LogP contribution in [0.1, 0.15) is 17.3 Å². The molecular weight excluding hydrogens is 236 g/mol. The van der Waals surface area contributed by atoms with Gasteiger partial charge in [-0.2, -0.15) is 0 Å². The van der Waals surface area contributed by atoms with E-state index in [4.69, 9.17) is 9.84 Å². The lowest BCUT2D eigenvalue weighted by Crippen LogP contribution is -2.04. The second kappa shape index (κ2) is 4.28.